The molecule has 2 heteroatoms. The summed E-state index contributed by atoms with van der Waals surface area (Å²) < 4.78 is 2.30. The second-order valence-electron chi connectivity index (χ2n) is 13.2. The Bertz CT molecular complexity index is 2590. The maximum atomic E-state index is 4.92. The molecule has 50 heavy (non-hydrogen) atoms. The zero-order valence-electron chi connectivity index (χ0n) is 28.7. The standard InChI is InChI=1S/C48H38N2/c1-4-6-20-36-31(3)44(33-16-9-7-10-17-33)47-40-30-29-37(38-21-15-22-39(46(38)40)48(47)45(36)34-18-11-8-12-19-34)32-25-27-35(28-26-32)50-42-24-14-13-23-41(42)49-43(50)5-2/h6-30H,4-5H2,1-3H3/b20-6-. The summed E-state index contributed by atoms with van der Waals surface area (Å²) in [6, 6.07) is 51.0. The van der Waals surface area contributed by atoms with Crippen molar-refractivity contribution in [2.24, 2.45) is 0 Å². The summed E-state index contributed by atoms with van der Waals surface area (Å²) in [5.74, 6) is 1.08. The van der Waals surface area contributed by atoms with Gasteiger partial charge in [-0.1, -0.05) is 141 Å². The molecule has 0 radical (unpaired) electrons. The molecule has 0 amide bonds. The SMILES string of the molecule is CC/C=C\c1c(C)c(-c2ccccc2)c2c(c1-c1ccccc1)-c1cccc3c(-c4ccc(-n5c(CC)nc6ccccc65)cc4)ccc-2c13. The van der Waals surface area contributed by atoms with E-state index in [1.165, 1.54) is 77.5 Å². The summed E-state index contributed by atoms with van der Waals surface area (Å²) in [6.07, 6.45) is 6.52. The molecule has 0 bridgehead atoms. The monoisotopic (exact) mass is 642 g/mol. The van der Waals surface area contributed by atoms with Crippen molar-refractivity contribution in [2.45, 2.75) is 33.6 Å². The molecule has 0 saturated carbocycles. The highest BCUT2D eigenvalue weighted by atomic mass is 15.1. The van der Waals surface area contributed by atoms with Gasteiger partial charge in [0, 0.05) is 12.1 Å². The summed E-state index contributed by atoms with van der Waals surface area (Å²) in [6.45, 7) is 6.70. The Morgan fingerprint density at radius 1 is 0.560 bits per heavy atom. The number of benzene rings is 7. The van der Waals surface area contributed by atoms with E-state index in [1.54, 1.807) is 0 Å². The van der Waals surface area contributed by atoms with Gasteiger partial charge in [0.2, 0.25) is 0 Å². The normalized spacial score (nSPS) is 12.0. The molecule has 0 atom stereocenters. The van der Waals surface area contributed by atoms with Gasteiger partial charge in [-0.05, 0) is 115 Å². The van der Waals surface area contributed by atoms with E-state index in [1.807, 2.05) is 0 Å². The zero-order chi connectivity index (χ0) is 33.8. The molecule has 240 valence electrons. The lowest BCUT2D eigenvalue weighted by Gasteiger charge is -2.22. The van der Waals surface area contributed by atoms with Crippen LogP contribution < -0.4 is 0 Å². The lowest BCUT2D eigenvalue weighted by atomic mass is 9.80. The number of aromatic nitrogens is 2. The number of rotatable bonds is 7. The molecule has 1 heterocycles. The van der Waals surface area contributed by atoms with Crippen molar-refractivity contribution in [3.05, 3.63) is 163 Å². The summed E-state index contributed by atoms with van der Waals surface area (Å²) in [5, 5.41) is 2.62. The Labute approximate surface area is 294 Å². The first kappa shape index (κ1) is 30.1. The van der Waals surface area contributed by atoms with E-state index in [0.717, 1.165) is 35.4 Å². The van der Waals surface area contributed by atoms with Gasteiger partial charge in [0.1, 0.15) is 5.82 Å². The van der Waals surface area contributed by atoms with Crippen molar-refractivity contribution in [3.63, 3.8) is 0 Å². The van der Waals surface area contributed by atoms with Crippen molar-refractivity contribution in [1.29, 1.82) is 0 Å². The molecule has 0 spiro atoms. The quantitative estimate of drug-likeness (QED) is 0.169. The number of hydrogen-bond acceptors (Lipinski definition) is 1. The van der Waals surface area contributed by atoms with E-state index in [2.05, 4.69) is 177 Å². The average molecular weight is 643 g/mol. The Morgan fingerprint density at radius 2 is 1.20 bits per heavy atom. The highest BCUT2D eigenvalue weighted by Gasteiger charge is 2.31. The first-order valence-corrected chi connectivity index (χ1v) is 17.8. The number of aryl methyl sites for hydroxylation is 1. The van der Waals surface area contributed by atoms with Crippen LogP contribution >= 0.6 is 0 Å². The van der Waals surface area contributed by atoms with Crippen LogP contribution in [0.3, 0.4) is 0 Å². The van der Waals surface area contributed by atoms with Crippen LogP contribution in [-0.4, -0.2) is 9.55 Å². The highest BCUT2D eigenvalue weighted by Crippen LogP contribution is 2.58. The van der Waals surface area contributed by atoms with Gasteiger partial charge < -0.3 is 0 Å². The number of allylic oxidation sites excluding steroid dienone is 1. The lowest BCUT2D eigenvalue weighted by molar-refractivity contribution is 0.908. The molecule has 1 aliphatic carbocycles. The summed E-state index contributed by atoms with van der Waals surface area (Å²) >= 11 is 0. The number of para-hydroxylation sites is 2. The Balaban J connectivity index is 1.29. The third-order valence-electron chi connectivity index (χ3n) is 10.4. The third-order valence-corrected chi connectivity index (χ3v) is 10.4. The van der Waals surface area contributed by atoms with Crippen LogP contribution in [-0.2, 0) is 6.42 Å². The van der Waals surface area contributed by atoms with Gasteiger partial charge in [-0.25, -0.2) is 4.98 Å². The van der Waals surface area contributed by atoms with Crippen molar-refractivity contribution in [3.8, 4) is 61.3 Å². The van der Waals surface area contributed by atoms with E-state index in [9.17, 15) is 0 Å². The molecule has 8 aromatic rings. The fraction of sp³-hybridized carbons (Fsp3) is 0.104. The van der Waals surface area contributed by atoms with Crippen molar-refractivity contribution < 1.29 is 0 Å². The molecule has 0 N–H and O–H groups in total. The number of fused-ring (bicyclic) bond motifs is 4. The third kappa shape index (κ3) is 4.59. The number of nitrogens with zero attached hydrogens (tertiary/aromatic N) is 2. The molecule has 0 unspecified atom stereocenters. The van der Waals surface area contributed by atoms with Crippen LogP contribution in [0.4, 0.5) is 0 Å². The van der Waals surface area contributed by atoms with Gasteiger partial charge in [0.25, 0.3) is 0 Å². The van der Waals surface area contributed by atoms with Gasteiger partial charge in [0.15, 0.2) is 0 Å². The molecular weight excluding hydrogens is 605 g/mol. The lowest BCUT2D eigenvalue weighted by Crippen LogP contribution is -1.99. The van der Waals surface area contributed by atoms with E-state index in [4.69, 9.17) is 4.98 Å². The van der Waals surface area contributed by atoms with E-state index in [0.29, 0.717) is 0 Å². The van der Waals surface area contributed by atoms with Crippen molar-refractivity contribution >= 4 is 27.9 Å². The predicted octanol–water partition coefficient (Wildman–Crippen LogP) is 13.1. The van der Waals surface area contributed by atoms with Gasteiger partial charge in [0.05, 0.1) is 11.0 Å². The second-order valence-corrected chi connectivity index (χ2v) is 13.2. The largest absolute Gasteiger partial charge is 0.296 e. The molecule has 7 aromatic carbocycles. The minimum absolute atomic E-state index is 0.872. The molecule has 1 aliphatic rings. The molecule has 2 nitrogen and oxygen atoms in total. The second kappa shape index (κ2) is 12.2. The smallest absolute Gasteiger partial charge is 0.114 e. The Kier molecular flexibility index (Phi) is 7.32. The van der Waals surface area contributed by atoms with Crippen LogP contribution in [0.5, 0.6) is 0 Å². The predicted molar refractivity (Wildman–Crippen MR) is 213 cm³/mol. The first-order chi connectivity index (χ1) is 24.7. The van der Waals surface area contributed by atoms with Crippen molar-refractivity contribution in [1.82, 2.24) is 9.55 Å². The summed E-state index contributed by atoms with van der Waals surface area (Å²) in [7, 11) is 0. The van der Waals surface area contributed by atoms with Gasteiger partial charge in [-0.2, -0.15) is 0 Å². The van der Waals surface area contributed by atoms with Gasteiger partial charge >= 0.3 is 0 Å². The molecule has 0 fully saturated rings. The van der Waals surface area contributed by atoms with E-state index in [-0.39, 0.29) is 0 Å². The fourth-order valence-corrected chi connectivity index (χ4v) is 8.21. The molecule has 0 aliphatic heterocycles. The van der Waals surface area contributed by atoms with Crippen molar-refractivity contribution in [2.75, 3.05) is 0 Å². The van der Waals surface area contributed by atoms with Crippen LogP contribution in [0, 0.1) is 6.92 Å². The maximum absolute atomic E-state index is 4.92. The maximum Gasteiger partial charge on any atom is 0.114 e. The number of imidazole rings is 1. The topological polar surface area (TPSA) is 17.8 Å². The van der Waals surface area contributed by atoms with Crippen LogP contribution in [0.15, 0.2) is 146 Å². The highest BCUT2D eigenvalue weighted by molar-refractivity contribution is 6.24. The summed E-state index contributed by atoms with van der Waals surface area (Å²) in [4.78, 5) is 4.92. The van der Waals surface area contributed by atoms with Crippen LogP contribution in [0.2, 0.25) is 0 Å². The number of hydrogen-bond donors (Lipinski definition) is 0. The van der Waals surface area contributed by atoms with Gasteiger partial charge in [-0.15, -0.1) is 0 Å². The van der Waals surface area contributed by atoms with Crippen LogP contribution in [0.25, 0.3) is 89.2 Å². The zero-order valence-corrected chi connectivity index (χ0v) is 28.7. The average Bonchev–Trinajstić information content (AvgIpc) is 3.71. The molecular formula is C48H38N2. The van der Waals surface area contributed by atoms with Gasteiger partial charge in [-0.3, -0.25) is 4.57 Å². The van der Waals surface area contributed by atoms with E-state index >= 15 is 0 Å². The molecule has 1 aromatic heterocycles. The molecule has 0 saturated heterocycles. The first-order valence-electron chi connectivity index (χ1n) is 17.8. The molecule has 9 rings (SSSR count). The Hall–Kier alpha value is -5.99. The van der Waals surface area contributed by atoms with Crippen LogP contribution in [0.1, 0.15) is 37.2 Å². The fourth-order valence-electron chi connectivity index (χ4n) is 8.21. The minimum atomic E-state index is 0.872. The minimum Gasteiger partial charge on any atom is -0.296 e. The Morgan fingerprint density at radius 3 is 1.92 bits per heavy atom. The van der Waals surface area contributed by atoms with E-state index < -0.39 is 0 Å². The summed E-state index contributed by atoms with van der Waals surface area (Å²) in [5.41, 5.74) is 18.9.